The monoisotopic (exact) mass is 435 g/mol. The molecule has 1 saturated heterocycles. The van der Waals surface area contributed by atoms with Crippen molar-refractivity contribution in [2.24, 2.45) is 0 Å². The molecule has 1 unspecified atom stereocenters. The number of para-hydroxylation sites is 1. The van der Waals surface area contributed by atoms with E-state index in [-0.39, 0.29) is 54.3 Å². The van der Waals surface area contributed by atoms with E-state index in [1.165, 1.54) is 17.0 Å². The van der Waals surface area contributed by atoms with E-state index in [1.807, 2.05) is 12.1 Å². The molecule has 32 heavy (non-hydrogen) atoms. The van der Waals surface area contributed by atoms with E-state index in [0.717, 1.165) is 5.39 Å². The minimum atomic E-state index is -0.816. The topological polar surface area (TPSA) is 109 Å². The van der Waals surface area contributed by atoms with Crippen molar-refractivity contribution in [1.29, 1.82) is 0 Å². The van der Waals surface area contributed by atoms with Gasteiger partial charge in [-0.25, -0.2) is 4.39 Å². The molecule has 1 atom stereocenters. The van der Waals surface area contributed by atoms with Crippen LogP contribution in [-0.2, 0) is 22.7 Å². The zero-order chi connectivity index (χ0) is 22.4. The number of piperidine rings is 1. The molecule has 1 fully saturated rings. The number of hydrogen-bond donors (Lipinski definition) is 2. The third-order valence-corrected chi connectivity index (χ3v) is 5.82. The second-order valence-corrected chi connectivity index (χ2v) is 7.80. The van der Waals surface area contributed by atoms with Gasteiger partial charge in [0, 0.05) is 35.0 Å². The molecule has 0 aliphatic carbocycles. The predicted molar refractivity (Wildman–Crippen MR) is 110 cm³/mol. The van der Waals surface area contributed by atoms with E-state index in [0.29, 0.717) is 5.58 Å². The van der Waals surface area contributed by atoms with Crippen molar-refractivity contribution in [3.63, 3.8) is 0 Å². The summed E-state index contributed by atoms with van der Waals surface area (Å²) in [6.07, 6.45) is 0.324. The minimum Gasteiger partial charge on any atom is -0.451 e. The molecule has 2 N–H and O–H groups in total. The number of furan rings is 1. The van der Waals surface area contributed by atoms with Crippen LogP contribution in [0.15, 0.2) is 46.9 Å². The molecule has 2 aromatic carbocycles. The first kappa shape index (κ1) is 19.9. The summed E-state index contributed by atoms with van der Waals surface area (Å²) in [7, 11) is 0. The molecule has 2 aliphatic heterocycles. The van der Waals surface area contributed by atoms with Crippen molar-refractivity contribution in [2.75, 3.05) is 0 Å². The highest BCUT2D eigenvalue weighted by Gasteiger charge is 2.40. The van der Waals surface area contributed by atoms with Gasteiger partial charge in [0.05, 0.1) is 6.54 Å². The van der Waals surface area contributed by atoms with Gasteiger partial charge >= 0.3 is 0 Å². The Morgan fingerprint density at radius 3 is 2.78 bits per heavy atom. The maximum atomic E-state index is 15.2. The average molecular weight is 435 g/mol. The normalized spacial score (nSPS) is 18.1. The fourth-order valence-corrected chi connectivity index (χ4v) is 4.15. The van der Waals surface area contributed by atoms with Crippen LogP contribution in [0.5, 0.6) is 0 Å². The van der Waals surface area contributed by atoms with E-state index >= 15 is 4.39 Å². The third kappa shape index (κ3) is 3.31. The fraction of sp³-hybridized carbons (Fsp3) is 0.217. The molecule has 0 spiro atoms. The molecule has 3 heterocycles. The van der Waals surface area contributed by atoms with Gasteiger partial charge in [-0.15, -0.1) is 0 Å². The van der Waals surface area contributed by atoms with Crippen LogP contribution >= 0.6 is 0 Å². The van der Waals surface area contributed by atoms with Gasteiger partial charge in [0.1, 0.15) is 17.4 Å². The lowest BCUT2D eigenvalue weighted by molar-refractivity contribution is -0.136. The number of hydrogen-bond acceptors (Lipinski definition) is 5. The average Bonchev–Trinajstić information content (AvgIpc) is 3.35. The smallest absolute Gasteiger partial charge is 0.287 e. The molecule has 0 radical (unpaired) electrons. The largest absolute Gasteiger partial charge is 0.451 e. The second kappa shape index (κ2) is 7.60. The van der Waals surface area contributed by atoms with Gasteiger partial charge in [0.15, 0.2) is 5.76 Å². The van der Waals surface area contributed by atoms with Crippen molar-refractivity contribution in [1.82, 2.24) is 15.5 Å². The quantitative estimate of drug-likeness (QED) is 0.611. The van der Waals surface area contributed by atoms with E-state index in [1.54, 1.807) is 18.2 Å². The molecule has 0 bridgehead atoms. The molecule has 2 aliphatic rings. The van der Waals surface area contributed by atoms with Gasteiger partial charge in [-0.1, -0.05) is 24.3 Å². The maximum absolute atomic E-state index is 15.2. The highest BCUT2D eigenvalue weighted by molar-refractivity contribution is 6.05. The number of amides is 4. The van der Waals surface area contributed by atoms with Gasteiger partial charge in [-0.2, -0.15) is 0 Å². The number of imide groups is 1. The summed E-state index contributed by atoms with van der Waals surface area (Å²) >= 11 is 0. The molecule has 3 aromatic rings. The standard InChI is InChI=1S/C23H18FN3O5/c24-20-13(10-25-22(30)18-9-12-3-1-2-4-17(12)32-18)5-6-14-15(20)11-27(23(14)31)16-7-8-19(28)26-21(16)29/h1-6,9,16H,7-8,10-11H2,(H,25,30)(H,26,28,29). The Bertz CT molecular complexity index is 1270. The first-order valence-electron chi connectivity index (χ1n) is 10.1. The zero-order valence-corrected chi connectivity index (χ0v) is 16.8. The lowest BCUT2D eigenvalue weighted by Gasteiger charge is -2.29. The lowest BCUT2D eigenvalue weighted by Crippen LogP contribution is -2.52. The SMILES string of the molecule is O=C1CCC(N2Cc3c(ccc(CNC(=O)c4cc5ccccc5o4)c3F)C2=O)C(=O)N1. The number of carbonyl (C=O) groups is 4. The minimum absolute atomic E-state index is 0.0718. The first-order valence-corrected chi connectivity index (χ1v) is 10.1. The van der Waals surface area contributed by atoms with E-state index in [4.69, 9.17) is 4.42 Å². The summed E-state index contributed by atoms with van der Waals surface area (Å²) in [6.45, 7) is -0.167. The Morgan fingerprint density at radius 1 is 1.19 bits per heavy atom. The predicted octanol–water partition coefficient (Wildman–Crippen LogP) is 2.26. The summed E-state index contributed by atoms with van der Waals surface area (Å²) in [6, 6.07) is 10.9. The van der Waals surface area contributed by atoms with Crippen molar-refractivity contribution in [3.05, 3.63) is 70.7 Å². The molecule has 9 heteroatoms. The molecular formula is C23H18FN3O5. The van der Waals surface area contributed by atoms with Crippen LogP contribution in [0.4, 0.5) is 4.39 Å². The number of rotatable bonds is 4. The van der Waals surface area contributed by atoms with Crippen LogP contribution in [0, 0.1) is 5.82 Å². The fourth-order valence-electron chi connectivity index (χ4n) is 4.15. The number of benzene rings is 2. The molecule has 1 aromatic heterocycles. The van der Waals surface area contributed by atoms with Crippen molar-refractivity contribution >= 4 is 34.6 Å². The van der Waals surface area contributed by atoms with E-state index in [9.17, 15) is 19.2 Å². The summed E-state index contributed by atoms with van der Waals surface area (Å²) in [5.41, 5.74) is 1.15. The van der Waals surface area contributed by atoms with Crippen LogP contribution in [0.1, 0.15) is 44.9 Å². The first-order chi connectivity index (χ1) is 15.4. The van der Waals surface area contributed by atoms with Gasteiger partial charge in [-0.05, 0) is 24.6 Å². The van der Waals surface area contributed by atoms with Gasteiger partial charge in [0.25, 0.3) is 11.8 Å². The Labute approximate surface area is 181 Å². The number of nitrogens with one attached hydrogen (secondary N) is 2. The van der Waals surface area contributed by atoms with Crippen molar-refractivity contribution in [3.8, 4) is 0 Å². The second-order valence-electron chi connectivity index (χ2n) is 7.80. The van der Waals surface area contributed by atoms with Gasteiger partial charge in [0.2, 0.25) is 11.8 Å². The number of halogens is 1. The summed E-state index contributed by atoms with van der Waals surface area (Å²) < 4.78 is 20.7. The van der Waals surface area contributed by atoms with Crippen LogP contribution in [0.25, 0.3) is 11.0 Å². The molecule has 162 valence electrons. The number of fused-ring (bicyclic) bond motifs is 2. The van der Waals surface area contributed by atoms with Crippen molar-refractivity contribution in [2.45, 2.75) is 32.0 Å². The van der Waals surface area contributed by atoms with Crippen LogP contribution < -0.4 is 10.6 Å². The lowest BCUT2D eigenvalue weighted by atomic mass is 10.0. The summed E-state index contributed by atoms with van der Waals surface area (Å²) in [5, 5.41) is 5.63. The van der Waals surface area contributed by atoms with Crippen LogP contribution in [0.3, 0.4) is 0 Å². The highest BCUT2D eigenvalue weighted by Crippen LogP contribution is 2.30. The Hall–Kier alpha value is -4.01. The van der Waals surface area contributed by atoms with Crippen molar-refractivity contribution < 1.29 is 28.0 Å². The molecule has 8 nitrogen and oxygen atoms in total. The van der Waals surface area contributed by atoms with E-state index < -0.39 is 29.6 Å². The van der Waals surface area contributed by atoms with Crippen LogP contribution in [-0.4, -0.2) is 34.6 Å². The van der Waals surface area contributed by atoms with Crippen LogP contribution in [0.2, 0.25) is 0 Å². The Kier molecular flexibility index (Phi) is 4.73. The third-order valence-electron chi connectivity index (χ3n) is 5.82. The number of nitrogens with zero attached hydrogens (tertiary/aromatic N) is 1. The maximum Gasteiger partial charge on any atom is 0.287 e. The summed E-state index contributed by atoms with van der Waals surface area (Å²) in [5.74, 6) is -2.36. The molecular weight excluding hydrogens is 417 g/mol. The molecule has 0 saturated carbocycles. The number of carbonyl (C=O) groups excluding carboxylic acids is 4. The van der Waals surface area contributed by atoms with Gasteiger partial charge < -0.3 is 14.6 Å². The highest BCUT2D eigenvalue weighted by atomic mass is 19.1. The Balaban J connectivity index is 1.32. The zero-order valence-electron chi connectivity index (χ0n) is 16.8. The van der Waals surface area contributed by atoms with Gasteiger partial charge in [-0.3, -0.25) is 24.5 Å². The summed E-state index contributed by atoms with van der Waals surface area (Å²) in [4.78, 5) is 50.0. The molecule has 4 amide bonds. The van der Waals surface area contributed by atoms with E-state index in [2.05, 4.69) is 10.6 Å². The Morgan fingerprint density at radius 2 is 2.00 bits per heavy atom. The molecule has 5 rings (SSSR count).